The van der Waals surface area contributed by atoms with Gasteiger partial charge in [0.15, 0.2) is 16.3 Å². The quantitative estimate of drug-likeness (QED) is 0.126. The van der Waals surface area contributed by atoms with Gasteiger partial charge in [-0.2, -0.15) is 0 Å². The molecule has 0 amide bonds. The van der Waals surface area contributed by atoms with E-state index >= 15 is 0 Å². The maximum atomic E-state index is 14.3. The average molecular weight is 742 g/mol. The molecule has 7 rings (SSSR count). The summed E-state index contributed by atoms with van der Waals surface area (Å²) in [7, 11) is 3.03. The van der Waals surface area contributed by atoms with Gasteiger partial charge in [-0.05, 0) is 75.8 Å². The van der Waals surface area contributed by atoms with Crippen molar-refractivity contribution < 1.29 is 24.1 Å². The lowest BCUT2D eigenvalue weighted by atomic mass is 9.83. The Bertz CT molecular complexity index is 2420. The Morgan fingerprint density at radius 3 is 2.43 bits per heavy atom. The largest absolute Gasteiger partial charge is 0.496 e. The van der Waals surface area contributed by atoms with E-state index in [0.29, 0.717) is 25.1 Å². The smallest absolute Gasteiger partial charge is 0.318 e. The first-order chi connectivity index (χ1) is 23.7. The predicted molar refractivity (Wildman–Crippen MR) is 186 cm³/mol. The third-order valence-electron chi connectivity index (χ3n) is 8.42. The number of rotatable bonds is 8. The van der Waals surface area contributed by atoms with Gasteiger partial charge in [0.25, 0.3) is 11.2 Å². The minimum absolute atomic E-state index is 0.112. The van der Waals surface area contributed by atoms with E-state index in [0.717, 1.165) is 53.4 Å². The van der Waals surface area contributed by atoms with Gasteiger partial charge in [0, 0.05) is 17.2 Å². The van der Waals surface area contributed by atoms with Crippen LogP contribution in [0.15, 0.2) is 98.7 Å². The minimum atomic E-state index is -0.758. The Kier molecular flexibility index (Phi) is 8.34. The van der Waals surface area contributed by atoms with Crippen molar-refractivity contribution in [2.75, 3.05) is 14.2 Å². The number of halogens is 1. The molecule has 0 unspecified atom stereocenters. The van der Waals surface area contributed by atoms with Gasteiger partial charge in [-0.25, -0.2) is 4.99 Å². The van der Waals surface area contributed by atoms with Crippen molar-refractivity contribution in [3.05, 3.63) is 151 Å². The van der Waals surface area contributed by atoms with Crippen molar-refractivity contribution in [2.45, 2.75) is 18.9 Å². The molecule has 1 atom stereocenters. The zero-order valence-corrected chi connectivity index (χ0v) is 28.3. The molecule has 2 aliphatic rings. The lowest BCUT2D eigenvalue weighted by Crippen LogP contribution is -2.39. The number of nitro benzene ring substituents is 2. The highest BCUT2D eigenvalue weighted by molar-refractivity contribution is 9.10. The van der Waals surface area contributed by atoms with E-state index in [2.05, 4.69) is 28.1 Å². The molecule has 0 spiro atoms. The molecular formula is C35H25BrN4O8S. The van der Waals surface area contributed by atoms with Gasteiger partial charge in [0.1, 0.15) is 5.75 Å². The molecule has 0 bridgehead atoms. The maximum absolute atomic E-state index is 14.3. The molecule has 4 aromatic carbocycles. The first kappa shape index (κ1) is 32.0. The molecule has 0 N–H and O–H groups in total. The SMILES string of the molecule is COc1ccccc1[C@H]1C2=C(N=c3s/c(=C/c4cc(Br)c(Oc5ccc([N+](=O)[O-])cc5[N+](=O)[O-])c(OC)c4)c(=O)n31)c1ccccc1CC2. The van der Waals surface area contributed by atoms with Crippen LogP contribution in [-0.2, 0) is 6.42 Å². The summed E-state index contributed by atoms with van der Waals surface area (Å²) < 4.78 is 19.8. The summed E-state index contributed by atoms with van der Waals surface area (Å²) in [5.41, 5.74) is 4.39. The maximum Gasteiger partial charge on any atom is 0.318 e. The molecule has 0 saturated heterocycles. The first-order valence-corrected chi connectivity index (χ1v) is 16.5. The summed E-state index contributed by atoms with van der Waals surface area (Å²) in [6.45, 7) is 0. The molecule has 1 aliphatic carbocycles. The number of thiazole rings is 1. The number of allylic oxidation sites excluding steroid dienone is 1. The summed E-state index contributed by atoms with van der Waals surface area (Å²) in [4.78, 5) is 41.3. The number of fused-ring (bicyclic) bond motifs is 3. The highest BCUT2D eigenvalue weighted by Crippen LogP contribution is 2.44. The van der Waals surface area contributed by atoms with Crippen molar-refractivity contribution in [2.24, 2.45) is 4.99 Å². The molecule has 49 heavy (non-hydrogen) atoms. The van der Waals surface area contributed by atoms with E-state index < -0.39 is 27.3 Å². The van der Waals surface area contributed by atoms with Crippen LogP contribution < -0.4 is 29.1 Å². The van der Waals surface area contributed by atoms with E-state index in [1.165, 1.54) is 24.0 Å². The number of non-ortho nitro benzene ring substituents is 1. The molecule has 1 aromatic heterocycles. The predicted octanol–water partition coefficient (Wildman–Crippen LogP) is 6.71. The second-order valence-electron chi connectivity index (χ2n) is 11.2. The number of para-hydroxylation sites is 1. The molecule has 14 heteroatoms. The van der Waals surface area contributed by atoms with Crippen LogP contribution in [0.2, 0.25) is 0 Å². The fourth-order valence-electron chi connectivity index (χ4n) is 6.22. The molecule has 0 fully saturated rings. The number of methoxy groups -OCH3 is 2. The molecule has 1 aliphatic heterocycles. The lowest BCUT2D eigenvalue weighted by Gasteiger charge is -2.31. The van der Waals surface area contributed by atoms with Gasteiger partial charge >= 0.3 is 5.69 Å². The fraction of sp³-hybridized carbons (Fsp3) is 0.143. The van der Waals surface area contributed by atoms with Gasteiger partial charge in [-0.1, -0.05) is 53.8 Å². The van der Waals surface area contributed by atoms with Gasteiger partial charge < -0.3 is 14.2 Å². The number of nitrogens with zero attached hydrogens (tertiary/aromatic N) is 4. The zero-order valence-electron chi connectivity index (χ0n) is 25.9. The van der Waals surface area contributed by atoms with Crippen molar-refractivity contribution in [1.82, 2.24) is 4.57 Å². The van der Waals surface area contributed by atoms with Gasteiger partial charge in [0.2, 0.25) is 5.75 Å². The number of benzene rings is 4. The van der Waals surface area contributed by atoms with E-state index in [1.54, 1.807) is 29.9 Å². The van der Waals surface area contributed by atoms with Crippen LogP contribution in [-0.4, -0.2) is 28.6 Å². The number of hydrogen-bond donors (Lipinski definition) is 0. The average Bonchev–Trinajstić information content (AvgIpc) is 3.41. The second kappa shape index (κ2) is 12.8. The molecule has 246 valence electrons. The normalized spacial score (nSPS) is 15.1. The standard InChI is InChI=1S/C35H25BrN4O8S/c1-46-27-10-6-5-9-23(27)32-24-13-11-20-7-3-4-8-22(20)31(24)37-35-38(32)34(41)30(49-35)17-19-15-25(36)33(29(16-19)47-2)48-28-14-12-21(39(42)43)18-26(28)40(44)45/h3-10,12,14-18,32H,11,13H2,1-2H3/b30-17+/t32-/m0/s1. The minimum Gasteiger partial charge on any atom is -0.496 e. The summed E-state index contributed by atoms with van der Waals surface area (Å²) in [5, 5.41) is 22.9. The van der Waals surface area contributed by atoms with Crippen LogP contribution in [0, 0.1) is 20.2 Å². The zero-order chi connectivity index (χ0) is 34.4. The summed E-state index contributed by atoms with van der Waals surface area (Å²) in [6.07, 6.45) is 3.29. The number of aromatic nitrogens is 1. The Labute approximate surface area is 290 Å². The van der Waals surface area contributed by atoms with Crippen LogP contribution in [0.5, 0.6) is 23.0 Å². The van der Waals surface area contributed by atoms with Gasteiger partial charge in [-0.3, -0.25) is 29.6 Å². The highest BCUT2D eigenvalue weighted by atomic mass is 79.9. The van der Waals surface area contributed by atoms with E-state index in [4.69, 9.17) is 19.2 Å². The fourth-order valence-corrected chi connectivity index (χ4v) is 7.76. The Hall–Kier alpha value is -5.60. The monoisotopic (exact) mass is 740 g/mol. The van der Waals surface area contributed by atoms with E-state index in [-0.39, 0.29) is 22.8 Å². The van der Waals surface area contributed by atoms with Crippen LogP contribution in [0.3, 0.4) is 0 Å². The summed E-state index contributed by atoms with van der Waals surface area (Å²) >= 11 is 4.75. The van der Waals surface area contributed by atoms with E-state index in [1.807, 2.05) is 36.4 Å². The number of hydrogen-bond acceptors (Lipinski definition) is 10. The van der Waals surface area contributed by atoms with Crippen molar-refractivity contribution in [3.63, 3.8) is 0 Å². The van der Waals surface area contributed by atoms with Gasteiger partial charge in [0.05, 0.1) is 50.9 Å². The van der Waals surface area contributed by atoms with Crippen molar-refractivity contribution >= 4 is 50.4 Å². The third kappa shape index (κ3) is 5.68. The summed E-state index contributed by atoms with van der Waals surface area (Å²) in [5.74, 6) is 0.783. The topological polar surface area (TPSA) is 148 Å². The summed E-state index contributed by atoms with van der Waals surface area (Å²) in [6, 6.07) is 21.9. The van der Waals surface area contributed by atoms with Crippen molar-refractivity contribution in [1.29, 1.82) is 0 Å². The lowest BCUT2D eigenvalue weighted by molar-refractivity contribution is -0.394. The van der Waals surface area contributed by atoms with E-state index in [9.17, 15) is 25.0 Å². The van der Waals surface area contributed by atoms with Crippen LogP contribution in [0.25, 0.3) is 11.8 Å². The molecule has 5 aromatic rings. The second-order valence-corrected chi connectivity index (χ2v) is 13.0. The molecule has 0 radical (unpaired) electrons. The molecular weight excluding hydrogens is 716 g/mol. The van der Waals surface area contributed by atoms with Gasteiger partial charge in [-0.15, -0.1) is 0 Å². The van der Waals surface area contributed by atoms with Crippen LogP contribution in [0.4, 0.5) is 11.4 Å². The Morgan fingerprint density at radius 1 is 0.918 bits per heavy atom. The molecule has 12 nitrogen and oxygen atoms in total. The Balaban J connectivity index is 1.35. The highest BCUT2D eigenvalue weighted by Gasteiger charge is 2.34. The number of aryl methyl sites for hydroxylation is 1. The molecule has 0 saturated carbocycles. The van der Waals surface area contributed by atoms with Crippen LogP contribution >= 0.6 is 27.3 Å². The first-order valence-electron chi connectivity index (χ1n) is 14.9. The number of ether oxygens (including phenoxy) is 3. The number of nitro groups is 2. The Morgan fingerprint density at radius 2 is 1.67 bits per heavy atom. The molecule has 2 heterocycles. The van der Waals surface area contributed by atoms with Crippen LogP contribution in [0.1, 0.15) is 34.7 Å². The van der Waals surface area contributed by atoms with Crippen molar-refractivity contribution in [3.8, 4) is 23.0 Å². The third-order valence-corrected chi connectivity index (χ3v) is 9.99.